The number of aromatic nitrogens is 2. The molecular formula is C17H9Cl2FN4O2S. The molecule has 0 fully saturated rings. The summed E-state index contributed by atoms with van der Waals surface area (Å²) in [4.78, 5) is 11.9. The van der Waals surface area contributed by atoms with E-state index in [4.69, 9.17) is 33.2 Å². The first-order valence-corrected chi connectivity index (χ1v) is 8.98. The zero-order valence-corrected chi connectivity index (χ0v) is 15.7. The molecule has 0 spiro atoms. The lowest BCUT2D eigenvalue weighted by molar-refractivity contribution is 0.0945. The summed E-state index contributed by atoms with van der Waals surface area (Å²) >= 11 is 13.0. The van der Waals surface area contributed by atoms with Crippen LogP contribution in [0, 0.1) is 17.1 Å². The fraction of sp³-hybridized carbons (Fsp3) is 0.0588. The first-order valence-electron chi connectivity index (χ1n) is 7.38. The number of ether oxygens (including phenoxy) is 1. The molecular weight excluding hydrogens is 414 g/mol. The van der Waals surface area contributed by atoms with Gasteiger partial charge in [-0.1, -0.05) is 33.8 Å². The molecule has 3 rings (SSSR count). The second-order valence-electron chi connectivity index (χ2n) is 5.21. The molecule has 1 heterocycles. The zero-order valence-electron chi connectivity index (χ0n) is 13.4. The monoisotopic (exact) mass is 422 g/mol. The van der Waals surface area contributed by atoms with Gasteiger partial charge in [-0.25, -0.2) is 4.39 Å². The fourth-order valence-electron chi connectivity index (χ4n) is 2.14. The van der Waals surface area contributed by atoms with Gasteiger partial charge in [-0.3, -0.25) is 4.79 Å². The molecule has 0 saturated carbocycles. The summed E-state index contributed by atoms with van der Waals surface area (Å²) in [5.41, 5.74) is 0.566. The molecule has 0 aliphatic rings. The van der Waals surface area contributed by atoms with Crippen molar-refractivity contribution in [3.63, 3.8) is 0 Å². The number of carbonyl (C=O) groups excluding carboxylic acids is 1. The Bertz CT molecular complexity index is 1040. The molecule has 0 aliphatic carbocycles. The standard InChI is InChI=1S/C17H9Cl2FN4O2S/c18-11-3-9(6-21)4-12(5-11)26-16-13(19)2-1-10(15(16)20)7-22-17(25)14-8-27-24-23-14/h1-5,8H,7H2,(H,22,25). The highest BCUT2D eigenvalue weighted by Gasteiger charge is 2.17. The van der Waals surface area contributed by atoms with E-state index in [9.17, 15) is 9.18 Å². The number of halogens is 3. The van der Waals surface area contributed by atoms with Crippen molar-refractivity contribution in [3.8, 4) is 17.6 Å². The molecule has 1 N–H and O–H groups in total. The Balaban J connectivity index is 1.82. The van der Waals surface area contributed by atoms with Crippen LogP contribution in [0.2, 0.25) is 10.0 Å². The molecule has 0 unspecified atom stereocenters. The van der Waals surface area contributed by atoms with Gasteiger partial charge in [0.05, 0.1) is 16.7 Å². The van der Waals surface area contributed by atoms with E-state index in [0.29, 0.717) is 0 Å². The van der Waals surface area contributed by atoms with E-state index in [-0.39, 0.29) is 44.9 Å². The van der Waals surface area contributed by atoms with E-state index in [0.717, 1.165) is 11.5 Å². The molecule has 1 amide bonds. The van der Waals surface area contributed by atoms with Crippen molar-refractivity contribution in [2.45, 2.75) is 6.54 Å². The van der Waals surface area contributed by atoms with Crippen LogP contribution >= 0.6 is 34.7 Å². The minimum atomic E-state index is -0.738. The van der Waals surface area contributed by atoms with Gasteiger partial charge < -0.3 is 10.1 Å². The van der Waals surface area contributed by atoms with Gasteiger partial charge in [0.15, 0.2) is 17.3 Å². The third-order valence-corrected chi connectivity index (χ3v) is 4.40. The molecule has 27 heavy (non-hydrogen) atoms. The lowest BCUT2D eigenvalue weighted by atomic mass is 10.2. The molecule has 0 saturated heterocycles. The lowest BCUT2D eigenvalue weighted by Crippen LogP contribution is -2.23. The molecule has 1 aromatic heterocycles. The number of hydrogen-bond donors (Lipinski definition) is 1. The van der Waals surface area contributed by atoms with Crippen molar-refractivity contribution < 1.29 is 13.9 Å². The van der Waals surface area contributed by atoms with Gasteiger partial charge in [0.2, 0.25) is 0 Å². The van der Waals surface area contributed by atoms with Gasteiger partial charge >= 0.3 is 0 Å². The maximum absolute atomic E-state index is 14.8. The van der Waals surface area contributed by atoms with Gasteiger partial charge in [0.1, 0.15) is 5.75 Å². The van der Waals surface area contributed by atoms with Crippen LogP contribution in [-0.2, 0) is 6.54 Å². The third-order valence-electron chi connectivity index (χ3n) is 3.38. The Hall–Kier alpha value is -2.73. The summed E-state index contributed by atoms with van der Waals surface area (Å²) in [6, 6.07) is 9.10. The molecule has 10 heteroatoms. The minimum Gasteiger partial charge on any atom is -0.453 e. The van der Waals surface area contributed by atoms with Crippen LogP contribution in [0.3, 0.4) is 0 Å². The molecule has 0 atom stereocenters. The number of hydrogen-bond acceptors (Lipinski definition) is 6. The Morgan fingerprint density at radius 2 is 2.15 bits per heavy atom. The van der Waals surface area contributed by atoms with E-state index in [1.54, 1.807) is 0 Å². The second kappa shape index (κ2) is 8.31. The first kappa shape index (κ1) is 19.0. The summed E-state index contributed by atoms with van der Waals surface area (Å²) < 4.78 is 23.9. The fourth-order valence-corrected chi connectivity index (χ4v) is 2.98. The normalized spacial score (nSPS) is 10.3. The van der Waals surface area contributed by atoms with Crippen LogP contribution in [0.25, 0.3) is 0 Å². The van der Waals surface area contributed by atoms with Crippen molar-refractivity contribution >= 4 is 40.6 Å². The Morgan fingerprint density at radius 3 is 2.85 bits per heavy atom. The summed E-state index contributed by atoms with van der Waals surface area (Å²) in [6.45, 7) is -0.102. The number of nitrogens with zero attached hydrogens (tertiary/aromatic N) is 3. The molecule has 136 valence electrons. The highest BCUT2D eigenvalue weighted by Crippen LogP contribution is 2.35. The maximum atomic E-state index is 14.8. The molecule has 2 aromatic carbocycles. The van der Waals surface area contributed by atoms with E-state index < -0.39 is 11.7 Å². The Kier molecular flexibility index (Phi) is 5.86. The summed E-state index contributed by atoms with van der Waals surface area (Å²) in [5.74, 6) is -1.29. The van der Waals surface area contributed by atoms with E-state index >= 15 is 0 Å². The number of carbonyl (C=O) groups is 1. The van der Waals surface area contributed by atoms with E-state index in [1.807, 2.05) is 6.07 Å². The van der Waals surface area contributed by atoms with Crippen LogP contribution in [-0.4, -0.2) is 15.5 Å². The largest absolute Gasteiger partial charge is 0.453 e. The summed E-state index contributed by atoms with van der Waals surface area (Å²) in [7, 11) is 0. The van der Waals surface area contributed by atoms with Crippen molar-refractivity contribution in [2.75, 3.05) is 0 Å². The highest BCUT2D eigenvalue weighted by molar-refractivity contribution is 7.03. The van der Waals surface area contributed by atoms with Gasteiger partial charge in [-0.05, 0) is 35.8 Å². The first-order chi connectivity index (χ1) is 13.0. The molecule has 0 aliphatic heterocycles. The predicted octanol–water partition coefficient (Wildman–Crippen LogP) is 4.58. The van der Waals surface area contributed by atoms with Crippen LogP contribution in [0.4, 0.5) is 4.39 Å². The van der Waals surface area contributed by atoms with Crippen molar-refractivity contribution in [3.05, 3.63) is 68.4 Å². The molecule has 0 radical (unpaired) electrons. The van der Waals surface area contributed by atoms with E-state index in [1.165, 1.54) is 35.7 Å². The van der Waals surface area contributed by atoms with Gasteiger partial charge in [-0.15, -0.1) is 5.10 Å². The quantitative estimate of drug-likeness (QED) is 0.649. The predicted molar refractivity (Wildman–Crippen MR) is 98.7 cm³/mol. The summed E-state index contributed by atoms with van der Waals surface area (Å²) in [5, 5.41) is 17.0. The summed E-state index contributed by atoms with van der Waals surface area (Å²) in [6.07, 6.45) is 0. The van der Waals surface area contributed by atoms with Crippen LogP contribution in [0.15, 0.2) is 35.7 Å². The average Bonchev–Trinajstić information content (AvgIpc) is 3.18. The Morgan fingerprint density at radius 1 is 1.33 bits per heavy atom. The highest BCUT2D eigenvalue weighted by atomic mass is 35.5. The van der Waals surface area contributed by atoms with Crippen LogP contribution < -0.4 is 10.1 Å². The topological polar surface area (TPSA) is 87.9 Å². The molecule has 0 bridgehead atoms. The van der Waals surface area contributed by atoms with Crippen LogP contribution in [0.1, 0.15) is 21.6 Å². The van der Waals surface area contributed by atoms with E-state index in [2.05, 4.69) is 14.9 Å². The van der Waals surface area contributed by atoms with Crippen molar-refractivity contribution in [1.82, 2.24) is 14.9 Å². The number of benzene rings is 2. The average molecular weight is 423 g/mol. The van der Waals surface area contributed by atoms with Crippen LogP contribution in [0.5, 0.6) is 11.5 Å². The zero-order chi connectivity index (χ0) is 19.4. The lowest BCUT2D eigenvalue weighted by Gasteiger charge is -2.12. The second-order valence-corrected chi connectivity index (χ2v) is 6.67. The van der Waals surface area contributed by atoms with Crippen molar-refractivity contribution in [1.29, 1.82) is 5.26 Å². The number of nitriles is 1. The number of nitrogens with one attached hydrogen (secondary N) is 1. The van der Waals surface area contributed by atoms with Crippen molar-refractivity contribution in [2.24, 2.45) is 0 Å². The third kappa shape index (κ3) is 4.52. The van der Waals surface area contributed by atoms with Gasteiger partial charge in [0.25, 0.3) is 5.91 Å². The number of amides is 1. The van der Waals surface area contributed by atoms with Gasteiger partial charge in [-0.2, -0.15) is 5.26 Å². The number of rotatable bonds is 5. The maximum Gasteiger partial charge on any atom is 0.273 e. The van der Waals surface area contributed by atoms with Gasteiger partial charge in [0, 0.05) is 22.5 Å². The molecule has 6 nitrogen and oxygen atoms in total. The Labute approximate surface area is 167 Å². The minimum absolute atomic E-state index is 0.0322. The smallest absolute Gasteiger partial charge is 0.273 e. The SMILES string of the molecule is N#Cc1cc(Cl)cc(Oc2c(Cl)ccc(CNC(=O)c3csnn3)c2F)c1. The molecule has 3 aromatic rings.